The Morgan fingerprint density at radius 2 is 2.05 bits per heavy atom. The van der Waals surface area contributed by atoms with E-state index in [1.165, 1.54) is 6.07 Å². The summed E-state index contributed by atoms with van der Waals surface area (Å²) in [6.07, 6.45) is -1.32. The Hall–Kier alpha value is -1.30. The van der Waals surface area contributed by atoms with Gasteiger partial charge in [0, 0.05) is 23.8 Å². The molecule has 2 rings (SSSR count). The molecular formula is C14H17F3N2S. The van der Waals surface area contributed by atoms with Crippen LogP contribution in [0.5, 0.6) is 0 Å². The third-order valence-electron chi connectivity index (χ3n) is 3.35. The summed E-state index contributed by atoms with van der Waals surface area (Å²) in [5, 5.41) is 0. The molecule has 0 atom stereocenters. The van der Waals surface area contributed by atoms with Gasteiger partial charge < -0.3 is 10.6 Å². The summed E-state index contributed by atoms with van der Waals surface area (Å²) in [5.41, 5.74) is 5.94. The van der Waals surface area contributed by atoms with Crippen LogP contribution in [-0.2, 0) is 6.18 Å². The zero-order valence-electron chi connectivity index (χ0n) is 11.2. The lowest BCUT2D eigenvalue weighted by atomic mass is 10.1. The molecule has 1 aliphatic rings. The van der Waals surface area contributed by atoms with Crippen LogP contribution in [0, 0.1) is 0 Å². The third-order valence-corrected chi connectivity index (χ3v) is 3.57. The van der Waals surface area contributed by atoms with Gasteiger partial charge in [-0.2, -0.15) is 13.2 Å². The van der Waals surface area contributed by atoms with Gasteiger partial charge >= 0.3 is 6.18 Å². The minimum Gasteiger partial charge on any atom is -0.389 e. The molecule has 20 heavy (non-hydrogen) atoms. The highest BCUT2D eigenvalue weighted by molar-refractivity contribution is 7.80. The maximum absolute atomic E-state index is 12.8. The van der Waals surface area contributed by atoms with E-state index in [0.717, 1.165) is 43.6 Å². The van der Waals surface area contributed by atoms with Crippen molar-refractivity contribution in [3.8, 4) is 0 Å². The Morgan fingerprint density at radius 3 is 2.50 bits per heavy atom. The van der Waals surface area contributed by atoms with Crippen molar-refractivity contribution in [2.45, 2.75) is 38.4 Å². The van der Waals surface area contributed by atoms with E-state index in [-0.39, 0.29) is 4.99 Å². The molecule has 1 aliphatic carbocycles. The van der Waals surface area contributed by atoms with E-state index < -0.39 is 11.7 Å². The number of alkyl halides is 3. The zero-order chi connectivity index (χ0) is 14.9. The average molecular weight is 302 g/mol. The van der Waals surface area contributed by atoms with Gasteiger partial charge in [0.1, 0.15) is 4.99 Å². The Balaban J connectivity index is 2.44. The molecule has 1 fully saturated rings. The molecule has 1 aromatic carbocycles. The van der Waals surface area contributed by atoms with Crippen molar-refractivity contribution in [3.63, 3.8) is 0 Å². The minimum atomic E-state index is -4.38. The van der Waals surface area contributed by atoms with E-state index in [9.17, 15) is 13.2 Å². The zero-order valence-corrected chi connectivity index (χ0v) is 12.0. The number of anilines is 1. The van der Waals surface area contributed by atoms with Gasteiger partial charge in [0.25, 0.3) is 0 Å². The fourth-order valence-electron chi connectivity index (χ4n) is 2.29. The van der Waals surface area contributed by atoms with Crippen molar-refractivity contribution < 1.29 is 13.2 Å². The Bertz CT molecular complexity index is 510. The Kier molecular flexibility index (Phi) is 4.22. The predicted molar refractivity (Wildman–Crippen MR) is 78.0 cm³/mol. The van der Waals surface area contributed by atoms with Gasteiger partial charge in [-0.05, 0) is 37.5 Å². The highest BCUT2D eigenvalue weighted by Gasteiger charge is 2.34. The second-order valence-electron chi connectivity index (χ2n) is 5.02. The van der Waals surface area contributed by atoms with Gasteiger partial charge in [0.2, 0.25) is 0 Å². The van der Waals surface area contributed by atoms with Gasteiger partial charge in [0.05, 0.1) is 5.56 Å². The molecule has 1 saturated carbocycles. The quantitative estimate of drug-likeness (QED) is 0.841. The van der Waals surface area contributed by atoms with E-state index in [4.69, 9.17) is 18.0 Å². The van der Waals surface area contributed by atoms with E-state index in [0.29, 0.717) is 11.6 Å². The molecule has 0 aromatic heterocycles. The maximum Gasteiger partial charge on any atom is 0.416 e. The van der Waals surface area contributed by atoms with Crippen LogP contribution in [0.3, 0.4) is 0 Å². The molecule has 0 radical (unpaired) electrons. The summed E-state index contributed by atoms with van der Waals surface area (Å²) >= 11 is 4.93. The lowest BCUT2D eigenvalue weighted by Gasteiger charge is -2.27. The van der Waals surface area contributed by atoms with Crippen LogP contribution in [0.4, 0.5) is 18.9 Å². The fourth-order valence-corrected chi connectivity index (χ4v) is 2.45. The molecule has 0 spiro atoms. The molecule has 0 saturated heterocycles. The van der Waals surface area contributed by atoms with Crippen molar-refractivity contribution in [2.24, 2.45) is 5.73 Å². The second-order valence-corrected chi connectivity index (χ2v) is 5.46. The first kappa shape index (κ1) is 15.1. The molecule has 2 N–H and O–H groups in total. The lowest BCUT2D eigenvalue weighted by molar-refractivity contribution is -0.137. The van der Waals surface area contributed by atoms with Crippen molar-refractivity contribution in [1.82, 2.24) is 0 Å². The number of benzene rings is 1. The first-order valence-electron chi connectivity index (χ1n) is 6.62. The van der Waals surface area contributed by atoms with E-state index in [1.807, 2.05) is 6.92 Å². The number of halogens is 3. The molecule has 0 heterocycles. The van der Waals surface area contributed by atoms with Gasteiger partial charge in [-0.15, -0.1) is 0 Å². The van der Waals surface area contributed by atoms with Crippen molar-refractivity contribution in [2.75, 3.05) is 11.4 Å². The molecule has 0 unspecified atom stereocenters. The number of nitrogens with two attached hydrogens (primary N) is 1. The molecule has 0 amide bonds. The smallest absolute Gasteiger partial charge is 0.389 e. The summed E-state index contributed by atoms with van der Waals surface area (Å²) < 4.78 is 38.4. The standard InChI is InChI=1S/C14H17F3N2S/c1-2-7-19(10-4-5-10)12-6-3-9(14(15,16)17)8-11(12)13(18)20/h3,6,8,10H,2,4-5,7H2,1H3,(H2,18,20). The van der Waals surface area contributed by atoms with Gasteiger partial charge in [0.15, 0.2) is 0 Å². The minimum absolute atomic E-state index is 0.00727. The number of nitrogens with zero attached hydrogens (tertiary/aromatic N) is 1. The Labute approximate surface area is 121 Å². The fraction of sp³-hybridized carbons (Fsp3) is 0.500. The number of hydrogen-bond acceptors (Lipinski definition) is 2. The highest BCUT2D eigenvalue weighted by Crippen LogP contribution is 2.37. The van der Waals surface area contributed by atoms with E-state index in [1.54, 1.807) is 0 Å². The lowest BCUT2D eigenvalue weighted by Crippen LogP contribution is -2.29. The van der Waals surface area contributed by atoms with Gasteiger partial charge in [-0.3, -0.25) is 0 Å². The summed E-state index contributed by atoms with van der Waals surface area (Å²) in [7, 11) is 0. The largest absolute Gasteiger partial charge is 0.416 e. The predicted octanol–water partition coefficient (Wildman–Crippen LogP) is 3.72. The van der Waals surface area contributed by atoms with Crippen LogP contribution >= 0.6 is 12.2 Å². The molecule has 2 nitrogen and oxygen atoms in total. The highest BCUT2D eigenvalue weighted by atomic mass is 32.1. The summed E-state index contributed by atoms with van der Waals surface area (Å²) in [6, 6.07) is 4.05. The summed E-state index contributed by atoms with van der Waals surface area (Å²) in [5.74, 6) is 0. The van der Waals surface area contributed by atoms with Crippen molar-refractivity contribution in [3.05, 3.63) is 29.3 Å². The summed E-state index contributed by atoms with van der Waals surface area (Å²) in [4.78, 5) is 2.13. The van der Waals surface area contributed by atoms with E-state index >= 15 is 0 Å². The van der Waals surface area contributed by atoms with Gasteiger partial charge in [-0.25, -0.2) is 0 Å². The summed E-state index contributed by atoms with van der Waals surface area (Å²) in [6.45, 7) is 2.84. The molecular weight excluding hydrogens is 285 g/mol. The molecule has 0 aliphatic heterocycles. The monoisotopic (exact) mass is 302 g/mol. The number of thiocarbonyl (C=S) groups is 1. The first-order valence-corrected chi connectivity index (χ1v) is 7.03. The second kappa shape index (κ2) is 5.60. The van der Waals surface area contributed by atoms with Crippen molar-refractivity contribution >= 4 is 22.9 Å². The normalized spacial score (nSPS) is 15.2. The number of rotatable bonds is 5. The molecule has 110 valence electrons. The van der Waals surface area contributed by atoms with Crippen LogP contribution in [0.25, 0.3) is 0 Å². The van der Waals surface area contributed by atoms with Crippen LogP contribution < -0.4 is 10.6 Å². The average Bonchev–Trinajstić information content (AvgIpc) is 3.18. The molecule has 6 heteroatoms. The SMILES string of the molecule is CCCN(c1ccc(C(F)(F)F)cc1C(N)=S)C1CC1. The first-order chi connectivity index (χ1) is 9.34. The topological polar surface area (TPSA) is 29.3 Å². The van der Waals surface area contributed by atoms with Crippen LogP contribution in [-0.4, -0.2) is 17.6 Å². The molecule has 1 aromatic rings. The van der Waals surface area contributed by atoms with Crippen LogP contribution in [0.1, 0.15) is 37.3 Å². The van der Waals surface area contributed by atoms with Crippen LogP contribution in [0.15, 0.2) is 18.2 Å². The van der Waals surface area contributed by atoms with Gasteiger partial charge in [-0.1, -0.05) is 19.1 Å². The van der Waals surface area contributed by atoms with E-state index in [2.05, 4.69) is 4.90 Å². The number of hydrogen-bond donors (Lipinski definition) is 1. The molecule has 0 bridgehead atoms. The third kappa shape index (κ3) is 3.23. The maximum atomic E-state index is 12.8. The van der Waals surface area contributed by atoms with Crippen LogP contribution in [0.2, 0.25) is 0 Å². The van der Waals surface area contributed by atoms with Crippen molar-refractivity contribution in [1.29, 1.82) is 0 Å². The Morgan fingerprint density at radius 1 is 1.40 bits per heavy atom.